The van der Waals surface area contributed by atoms with E-state index in [9.17, 15) is 0 Å². The van der Waals surface area contributed by atoms with Crippen molar-refractivity contribution in [3.8, 4) is 5.88 Å². The summed E-state index contributed by atoms with van der Waals surface area (Å²) >= 11 is 0. The number of likely N-dealkylation sites (tertiary alicyclic amines) is 1. The molecule has 0 saturated carbocycles. The van der Waals surface area contributed by atoms with Crippen LogP contribution in [-0.2, 0) is 0 Å². The average molecular weight is 250 g/mol. The van der Waals surface area contributed by atoms with Crippen LogP contribution in [0.3, 0.4) is 0 Å². The van der Waals surface area contributed by atoms with Crippen LogP contribution in [0.25, 0.3) is 0 Å². The molecule has 3 heteroatoms. The summed E-state index contributed by atoms with van der Waals surface area (Å²) in [6.07, 6.45) is 4.33. The molecule has 1 fully saturated rings. The molecule has 0 aliphatic carbocycles. The maximum Gasteiger partial charge on any atom is 0.213 e. The Labute approximate surface area is 111 Å². The summed E-state index contributed by atoms with van der Waals surface area (Å²) in [7, 11) is 2.18. The lowest BCUT2D eigenvalue weighted by molar-refractivity contribution is 0.157. The molecule has 0 radical (unpaired) electrons. The van der Waals surface area contributed by atoms with E-state index >= 15 is 0 Å². The van der Waals surface area contributed by atoms with Gasteiger partial charge in [0.05, 0.1) is 6.61 Å². The fraction of sp³-hybridized carbons (Fsp3) is 0.667. The van der Waals surface area contributed by atoms with Crippen LogP contribution in [-0.4, -0.2) is 36.6 Å². The Hall–Kier alpha value is -1.09. The molecule has 1 saturated heterocycles. The standard InChI is InChI=1S/C13H20N2O.C2H6/c1-11-3-4-13(14-9-11)16-10-12-5-7-15(2)8-6-12;1-2/h3-4,9,12H,5-8,10H2,1-2H3;1-2H3. The van der Waals surface area contributed by atoms with Crippen LogP contribution in [0.5, 0.6) is 5.88 Å². The van der Waals surface area contributed by atoms with Crippen molar-refractivity contribution in [1.82, 2.24) is 9.88 Å². The predicted octanol–water partition coefficient (Wildman–Crippen LogP) is 3.14. The molecule has 3 nitrogen and oxygen atoms in total. The Bertz CT molecular complexity index is 316. The van der Waals surface area contributed by atoms with Gasteiger partial charge in [0.15, 0.2) is 0 Å². The quantitative estimate of drug-likeness (QED) is 0.824. The molecule has 0 bridgehead atoms. The molecular formula is C15H26N2O. The van der Waals surface area contributed by atoms with Gasteiger partial charge in [-0.05, 0) is 51.4 Å². The molecule has 0 aromatic carbocycles. The van der Waals surface area contributed by atoms with E-state index < -0.39 is 0 Å². The minimum absolute atomic E-state index is 0.694. The molecule has 0 N–H and O–H groups in total. The minimum Gasteiger partial charge on any atom is -0.477 e. The fourth-order valence-corrected chi connectivity index (χ4v) is 1.97. The third-order valence-electron chi connectivity index (χ3n) is 3.19. The van der Waals surface area contributed by atoms with Crippen LogP contribution >= 0.6 is 0 Å². The molecular weight excluding hydrogens is 224 g/mol. The Morgan fingerprint density at radius 3 is 2.50 bits per heavy atom. The molecule has 0 unspecified atom stereocenters. The summed E-state index contributed by atoms with van der Waals surface area (Å²) in [6, 6.07) is 3.99. The second-order valence-corrected chi connectivity index (χ2v) is 4.73. The number of rotatable bonds is 3. The third kappa shape index (κ3) is 5.05. The molecule has 1 aliphatic rings. The Morgan fingerprint density at radius 2 is 1.94 bits per heavy atom. The van der Waals surface area contributed by atoms with Crippen molar-refractivity contribution < 1.29 is 4.74 Å². The first kappa shape index (κ1) is 15.0. The van der Waals surface area contributed by atoms with Gasteiger partial charge in [-0.1, -0.05) is 19.9 Å². The van der Waals surface area contributed by atoms with E-state index in [0.29, 0.717) is 5.92 Å². The number of nitrogens with zero attached hydrogens (tertiary/aromatic N) is 2. The number of hydrogen-bond acceptors (Lipinski definition) is 3. The lowest BCUT2D eigenvalue weighted by Gasteiger charge is -2.28. The monoisotopic (exact) mass is 250 g/mol. The number of aryl methyl sites for hydroxylation is 1. The fourth-order valence-electron chi connectivity index (χ4n) is 1.97. The first-order chi connectivity index (χ1) is 8.74. The van der Waals surface area contributed by atoms with Crippen molar-refractivity contribution >= 4 is 0 Å². The van der Waals surface area contributed by atoms with Crippen molar-refractivity contribution in [1.29, 1.82) is 0 Å². The number of aromatic nitrogens is 1. The van der Waals surface area contributed by atoms with Crippen LogP contribution in [0, 0.1) is 12.8 Å². The second kappa shape index (κ2) is 8.09. The highest BCUT2D eigenvalue weighted by Gasteiger charge is 2.17. The van der Waals surface area contributed by atoms with Crippen molar-refractivity contribution in [2.45, 2.75) is 33.6 Å². The SMILES string of the molecule is CC.Cc1ccc(OCC2CCN(C)CC2)nc1. The van der Waals surface area contributed by atoms with Gasteiger partial charge in [0.1, 0.15) is 0 Å². The van der Waals surface area contributed by atoms with Gasteiger partial charge in [-0.25, -0.2) is 4.98 Å². The zero-order chi connectivity index (χ0) is 13.4. The number of ether oxygens (including phenoxy) is 1. The highest BCUT2D eigenvalue weighted by Crippen LogP contribution is 2.17. The highest BCUT2D eigenvalue weighted by molar-refractivity contribution is 5.16. The van der Waals surface area contributed by atoms with Gasteiger partial charge < -0.3 is 9.64 Å². The minimum atomic E-state index is 0.694. The molecule has 2 heterocycles. The molecule has 18 heavy (non-hydrogen) atoms. The van der Waals surface area contributed by atoms with E-state index in [4.69, 9.17) is 4.74 Å². The van der Waals surface area contributed by atoms with Gasteiger partial charge in [0.25, 0.3) is 0 Å². The maximum absolute atomic E-state index is 5.71. The molecule has 1 aliphatic heterocycles. The third-order valence-corrected chi connectivity index (χ3v) is 3.19. The van der Waals surface area contributed by atoms with Crippen LogP contribution in [0.2, 0.25) is 0 Å². The average Bonchev–Trinajstić information content (AvgIpc) is 2.42. The predicted molar refractivity (Wildman–Crippen MR) is 76.0 cm³/mol. The van der Waals surface area contributed by atoms with E-state index in [2.05, 4.69) is 16.9 Å². The Kier molecular flexibility index (Phi) is 6.73. The summed E-state index contributed by atoms with van der Waals surface area (Å²) in [5.74, 6) is 1.45. The first-order valence-corrected chi connectivity index (χ1v) is 6.98. The smallest absolute Gasteiger partial charge is 0.213 e. The molecule has 1 aromatic heterocycles. The van der Waals surface area contributed by atoms with Crippen molar-refractivity contribution in [2.24, 2.45) is 5.92 Å². The molecule has 2 rings (SSSR count). The largest absolute Gasteiger partial charge is 0.477 e. The lowest BCUT2D eigenvalue weighted by atomic mass is 9.98. The summed E-state index contributed by atoms with van der Waals surface area (Å²) in [5.41, 5.74) is 1.17. The lowest BCUT2D eigenvalue weighted by Crippen LogP contribution is -2.32. The van der Waals surface area contributed by atoms with Gasteiger partial charge in [-0.2, -0.15) is 0 Å². The Balaban J connectivity index is 0.000000771. The van der Waals surface area contributed by atoms with Crippen molar-refractivity contribution in [2.75, 3.05) is 26.7 Å². The molecule has 102 valence electrons. The van der Waals surface area contributed by atoms with Gasteiger partial charge in [-0.3, -0.25) is 0 Å². The molecule has 0 amide bonds. The topological polar surface area (TPSA) is 25.4 Å². The van der Waals surface area contributed by atoms with Crippen LogP contribution < -0.4 is 4.74 Å². The van der Waals surface area contributed by atoms with E-state index in [1.807, 2.05) is 39.1 Å². The van der Waals surface area contributed by atoms with E-state index in [0.717, 1.165) is 12.5 Å². The van der Waals surface area contributed by atoms with Gasteiger partial charge >= 0.3 is 0 Å². The van der Waals surface area contributed by atoms with Crippen molar-refractivity contribution in [3.63, 3.8) is 0 Å². The summed E-state index contributed by atoms with van der Waals surface area (Å²) < 4.78 is 5.71. The maximum atomic E-state index is 5.71. The Morgan fingerprint density at radius 1 is 1.28 bits per heavy atom. The van der Waals surface area contributed by atoms with Gasteiger partial charge in [0, 0.05) is 12.3 Å². The van der Waals surface area contributed by atoms with E-state index in [1.54, 1.807) is 0 Å². The zero-order valence-corrected chi connectivity index (χ0v) is 12.1. The zero-order valence-electron chi connectivity index (χ0n) is 12.1. The summed E-state index contributed by atoms with van der Waals surface area (Å²) in [4.78, 5) is 6.62. The second-order valence-electron chi connectivity index (χ2n) is 4.73. The van der Waals surface area contributed by atoms with E-state index in [-0.39, 0.29) is 0 Å². The first-order valence-electron chi connectivity index (χ1n) is 6.98. The van der Waals surface area contributed by atoms with Crippen LogP contribution in [0.4, 0.5) is 0 Å². The number of pyridine rings is 1. The molecule has 0 atom stereocenters. The van der Waals surface area contributed by atoms with Crippen molar-refractivity contribution in [3.05, 3.63) is 23.9 Å². The highest BCUT2D eigenvalue weighted by atomic mass is 16.5. The van der Waals surface area contributed by atoms with Gasteiger partial charge in [-0.15, -0.1) is 0 Å². The van der Waals surface area contributed by atoms with Crippen LogP contribution in [0.15, 0.2) is 18.3 Å². The summed E-state index contributed by atoms with van der Waals surface area (Å²) in [6.45, 7) is 9.22. The number of hydrogen-bond donors (Lipinski definition) is 0. The summed E-state index contributed by atoms with van der Waals surface area (Å²) in [5, 5.41) is 0. The molecule has 0 spiro atoms. The molecule has 1 aromatic rings. The van der Waals surface area contributed by atoms with E-state index in [1.165, 1.54) is 31.5 Å². The normalized spacial score (nSPS) is 16.9. The van der Waals surface area contributed by atoms with Crippen LogP contribution in [0.1, 0.15) is 32.3 Å². The number of piperidine rings is 1. The van der Waals surface area contributed by atoms with Gasteiger partial charge in [0.2, 0.25) is 5.88 Å².